The Balaban J connectivity index is 0.00000240. The van der Waals surface area contributed by atoms with Gasteiger partial charge in [-0.15, -0.1) is 0 Å². The topological polar surface area (TPSA) is 58.1 Å². The minimum absolute atomic E-state index is 0. The second-order valence-corrected chi connectivity index (χ2v) is 7.16. The van der Waals surface area contributed by atoms with Crippen molar-refractivity contribution in [1.29, 1.82) is 0 Å². The number of pyridine rings is 2. The summed E-state index contributed by atoms with van der Waals surface area (Å²) in [7, 11) is 0. The highest BCUT2D eigenvalue weighted by Crippen LogP contribution is 2.24. The number of carbonyl (C=O) groups excluding carboxylic acids is 1. The van der Waals surface area contributed by atoms with Crippen LogP contribution in [-0.4, -0.2) is 35.4 Å². The summed E-state index contributed by atoms with van der Waals surface area (Å²) in [5.74, 6) is 0.755. The van der Waals surface area contributed by atoms with Crippen LogP contribution in [0.5, 0.6) is 0 Å². The molecule has 5 nitrogen and oxygen atoms in total. The molecule has 0 amide bonds. The molecule has 4 rings (SSSR count). The van der Waals surface area contributed by atoms with Crippen molar-refractivity contribution in [3.05, 3.63) is 88.9 Å². The highest BCUT2D eigenvalue weighted by atomic mass is 16.1. The zero-order valence-corrected chi connectivity index (χ0v) is 16.2. The maximum absolute atomic E-state index is 12.9. The van der Waals surface area contributed by atoms with Crippen LogP contribution in [0.25, 0.3) is 0 Å². The fourth-order valence-electron chi connectivity index (χ4n) is 3.73. The van der Waals surface area contributed by atoms with Crippen LogP contribution >= 0.6 is 0 Å². The summed E-state index contributed by atoms with van der Waals surface area (Å²) in [5.41, 5.74) is 4.38. The van der Waals surface area contributed by atoms with Gasteiger partial charge in [0.25, 0.3) is 0 Å². The van der Waals surface area contributed by atoms with Gasteiger partial charge in [-0.3, -0.25) is 9.78 Å². The lowest BCUT2D eigenvalue weighted by Crippen LogP contribution is -2.46. The molecular formula is C23H26N4O. The van der Waals surface area contributed by atoms with E-state index in [9.17, 15) is 4.79 Å². The number of nitrogens with one attached hydrogen (secondary N) is 1. The van der Waals surface area contributed by atoms with Crippen LogP contribution in [0.15, 0.2) is 60.8 Å². The monoisotopic (exact) mass is 374 g/mol. The Kier molecular flexibility index (Phi) is 5.17. The first-order chi connectivity index (χ1) is 13.6. The fourth-order valence-corrected chi connectivity index (χ4v) is 3.73. The Morgan fingerprint density at radius 3 is 2.79 bits per heavy atom. The first-order valence-corrected chi connectivity index (χ1v) is 9.61. The van der Waals surface area contributed by atoms with Gasteiger partial charge in [0.1, 0.15) is 11.5 Å². The minimum atomic E-state index is -0.0851. The Hall–Kier alpha value is -3.05. The third-order valence-electron chi connectivity index (χ3n) is 5.28. The number of hydrogen-bond acceptors (Lipinski definition) is 5. The third-order valence-corrected chi connectivity index (χ3v) is 5.28. The summed E-state index contributed by atoms with van der Waals surface area (Å²) in [6.45, 7) is 6.55. The lowest BCUT2D eigenvalue weighted by atomic mass is 9.99. The van der Waals surface area contributed by atoms with Crippen LogP contribution in [-0.2, 0) is 0 Å². The summed E-state index contributed by atoms with van der Waals surface area (Å²) in [4.78, 5) is 24.1. The lowest BCUT2D eigenvalue weighted by Gasteiger charge is -2.35. The van der Waals surface area contributed by atoms with Crippen molar-refractivity contribution in [3.8, 4) is 0 Å². The molecule has 0 saturated carbocycles. The van der Waals surface area contributed by atoms with Crippen molar-refractivity contribution in [2.75, 3.05) is 24.5 Å². The number of ketones is 1. The van der Waals surface area contributed by atoms with Crippen LogP contribution in [0.4, 0.5) is 5.82 Å². The molecule has 1 unspecified atom stereocenters. The SMILES string of the molecule is Cc1ccccc1C1CN(c2cccc(C(=O)c3cccnc3C)n2)CCN1.[HH]. The van der Waals surface area contributed by atoms with Gasteiger partial charge in [-0.1, -0.05) is 30.3 Å². The van der Waals surface area contributed by atoms with E-state index >= 15 is 0 Å². The molecule has 1 atom stereocenters. The summed E-state index contributed by atoms with van der Waals surface area (Å²) < 4.78 is 0. The van der Waals surface area contributed by atoms with Gasteiger partial charge in [0.05, 0.1) is 6.04 Å². The highest BCUT2D eigenvalue weighted by molar-refractivity contribution is 6.08. The van der Waals surface area contributed by atoms with E-state index in [2.05, 4.69) is 51.4 Å². The van der Waals surface area contributed by atoms with E-state index in [1.54, 1.807) is 24.4 Å². The zero-order chi connectivity index (χ0) is 19.5. The molecule has 1 aromatic carbocycles. The average Bonchev–Trinajstić information content (AvgIpc) is 2.74. The maximum atomic E-state index is 12.9. The van der Waals surface area contributed by atoms with Crippen molar-refractivity contribution in [2.24, 2.45) is 0 Å². The molecule has 0 aliphatic carbocycles. The largest absolute Gasteiger partial charge is 0.353 e. The Bertz CT molecular complexity index is 1010. The molecule has 3 heterocycles. The summed E-state index contributed by atoms with van der Waals surface area (Å²) in [6.07, 6.45) is 1.70. The normalized spacial score (nSPS) is 16.8. The summed E-state index contributed by atoms with van der Waals surface area (Å²) in [5, 5.41) is 3.60. The van der Waals surface area contributed by atoms with Crippen LogP contribution in [0.2, 0.25) is 0 Å². The van der Waals surface area contributed by atoms with E-state index in [-0.39, 0.29) is 13.3 Å². The Labute approximate surface area is 166 Å². The smallest absolute Gasteiger partial charge is 0.213 e. The van der Waals surface area contributed by atoms with Crippen molar-refractivity contribution in [2.45, 2.75) is 19.9 Å². The molecule has 0 spiro atoms. The van der Waals surface area contributed by atoms with E-state index in [4.69, 9.17) is 0 Å². The quantitative estimate of drug-likeness (QED) is 0.706. The van der Waals surface area contributed by atoms with E-state index in [1.165, 1.54) is 11.1 Å². The van der Waals surface area contributed by atoms with Gasteiger partial charge in [-0.25, -0.2) is 4.98 Å². The standard InChI is InChI=1S/C23H24N4O.H2/c1-16-7-3-4-8-18(16)21-15-27(14-13-25-21)22-11-5-10-20(26-22)23(28)19-9-6-12-24-17(19)2;/h3-12,21,25H,13-15H2,1-2H3;1H. The van der Waals surface area contributed by atoms with E-state index < -0.39 is 0 Å². The van der Waals surface area contributed by atoms with Crippen molar-refractivity contribution in [1.82, 2.24) is 15.3 Å². The number of hydrogen-bond donors (Lipinski definition) is 1. The van der Waals surface area contributed by atoms with Gasteiger partial charge in [0.15, 0.2) is 0 Å². The summed E-state index contributed by atoms with van der Waals surface area (Å²) >= 11 is 0. The minimum Gasteiger partial charge on any atom is -0.353 e. The molecule has 28 heavy (non-hydrogen) atoms. The van der Waals surface area contributed by atoms with Crippen LogP contribution in [0.3, 0.4) is 0 Å². The number of piperazine rings is 1. The molecule has 1 saturated heterocycles. The van der Waals surface area contributed by atoms with Crippen LogP contribution in [0.1, 0.15) is 40.3 Å². The number of carbonyl (C=O) groups is 1. The molecule has 5 heteroatoms. The van der Waals surface area contributed by atoms with E-state index in [0.29, 0.717) is 11.3 Å². The third kappa shape index (κ3) is 3.66. The number of anilines is 1. The van der Waals surface area contributed by atoms with Crippen molar-refractivity contribution in [3.63, 3.8) is 0 Å². The second kappa shape index (κ2) is 7.90. The first kappa shape index (κ1) is 18.3. The maximum Gasteiger partial charge on any atom is 0.213 e. The van der Waals surface area contributed by atoms with Gasteiger partial charge in [0.2, 0.25) is 5.78 Å². The molecule has 0 bridgehead atoms. The number of rotatable bonds is 4. The first-order valence-electron chi connectivity index (χ1n) is 9.61. The Morgan fingerprint density at radius 1 is 1.11 bits per heavy atom. The lowest BCUT2D eigenvalue weighted by molar-refractivity contribution is 0.103. The highest BCUT2D eigenvalue weighted by Gasteiger charge is 2.23. The van der Waals surface area contributed by atoms with Gasteiger partial charge < -0.3 is 10.2 Å². The van der Waals surface area contributed by atoms with Crippen LogP contribution in [0, 0.1) is 13.8 Å². The van der Waals surface area contributed by atoms with Crippen LogP contribution < -0.4 is 10.2 Å². The number of aryl methyl sites for hydroxylation is 2. The van der Waals surface area contributed by atoms with E-state index in [1.807, 2.05) is 19.1 Å². The second-order valence-electron chi connectivity index (χ2n) is 7.16. The Morgan fingerprint density at radius 2 is 1.96 bits per heavy atom. The van der Waals surface area contributed by atoms with Crippen molar-refractivity contribution < 1.29 is 6.22 Å². The number of nitrogens with zero attached hydrogens (tertiary/aromatic N) is 3. The molecule has 1 N–H and O–H groups in total. The molecule has 1 aliphatic heterocycles. The zero-order valence-electron chi connectivity index (χ0n) is 16.2. The molecule has 1 fully saturated rings. The predicted octanol–water partition coefficient (Wildman–Crippen LogP) is 3.72. The summed E-state index contributed by atoms with van der Waals surface area (Å²) in [6, 6.07) is 18.0. The average molecular weight is 374 g/mol. The molecule has 3 aromatic rings. The van der Waals surface area contributed by atoms with Gasteiger partial charge in [-0.05, 0) is 49.2 Å². The van der Waals surface area contributed by atoms with Gasteiger partial charge >= 0.3 is 0 Å². The number of benzene rings is 1. The van der Waals surface area contributed by atoms with E-state index in [0.717, 1.165) is 31.1 Å². The van der Waals surface area contributed by atoms with Gasteiger partial charge in [0, 0.05) is 38.5 Å². The van der Waals surface area contributed by atoms with Gasteiger partial charge in [-0.2, -0.15) is 0 Å². The predicted molar refractivity (Wildman–Crippen MR) is 113 cm³/mol. The molecule has 2 aromatic heterocycles. The fraction of sp³-hybridized carbons (Fsp3) is 0.261. The molecular weight excluding hydrogens is 348 g/mol. The molecule has 1 aliphatic rings. The molecule has 144 valence electrons. The molecule has 0 radical (unpaired) electrons. The number of aromatic nitrogens is 2. The van der Waals surface area contributed by atoms with Crippen molar-refractivity contribution >= 4 is 11.6 Å².